The molecule has 0 aromatic heterocycles. The zero-order chi connectivity index (χ0) is 18.4. The summed E-state index contributed by atoms with van der Waals surface area (Å²) in [6.07, 6.45) is -0.897. The summed E-state index contributed by atoms with van der Waals surface area (Å²) in [6, 6.07) is 10.8. The maximum Gasteiger partial charge on any atom is 0.347 e. The van der Waals surface area contributed by atoms with Crippen molar-refractivity contribution in [2.45, 2.75) is 20.0 Å². The monoisotopic (exact) mass is 365 g/mol. The molecule has 0 aliphatic carbocycles. The van der Waals surface area contributed by atoms with Crippen LogP contribution in [0.1, 0.15) is 12.5 Å². The minimum Gasteiger partial charge on any atom is -0.479 e. The van der Waals surface area contributed by atoms with Gasteiger partial charge in [-0.2, -0.15) is 0 Å². The van der Waals surface area contributed by atoms with Crippen molar-refractivity contribution in [1.29, 1.82) is 0 Å². The molecule has 0 saturated heterocycles. The third kappa shape index (κ3) is 5.76. The molecule has 0 heterocycles. The van der Waals surface area contributed by atoms with Crippen molar-refractivity contribution < 1.29 is 23.5 Å². The second-order valence-corrected chi connectivity index (χ2v) is 5.77. The molecule has 25 heavy (non-hydrogen) atoms. The van der Waals surface area contributed by atoms with Gasteiger partial charge in [-0.15, -0.1) is 0 Å². The second-order valence-electron chi connectivity index (χ2n) is 5.33. The van der Waals surface area contributed by atoms with Crippen LogP contribution in [0.5, 0.6) is 5.75 Å². The molecule has 0 saturated carbocycles. The largest absolute Gasteiger partial charge is 0.479 e. The summed E-state index contributed by atoms with van der Waals surface area (Å²) in [5, 5.41) is 3.00. The van der Waals surface area contributed by atoms with E-state index >= 15 is 0 Å². The second kappa shape index (κ2) is 8.48. The molecule has 0 aliphatic rings. The normalized spacial score (nSPS) is 11.5. The number of ether oxygens (including phenoxy) is 2. The van der Waals surface area contributed by atoms with Crippen molar-refractivity contribution in [1.82, 2.24) is 0 Å². The number of anilines is 1. The van der Waals surface area contributed by atoms with Crippen molar-refractivity contribution in [3.8, 4) is 5.75 Å². The molecule has 132 valence electrons. The minimum atomic E-state index is -0.897. The van der Waals surface area contributed by atoms with Gasteiger partial charge < -0.3 is 14.8 Å². The third-order valence-electron chi connectivity index (χ3n) is 3.26. The van der Waals surface area contributed by atoms with E-state index in [0.717, 1.165) is 0 Å². The first-order valence-corrected chi connectivity index (χ1v) is 7.88. The molecule has 1 atom stereocenters. The quantitative estimate of drug-likeness (QED) is 0.792. The number of halogens is 2. The lowest BCUT2D eigenvalue weighted by Crippen LogP contribution is -2.29. The van der Waals surface area contributed by atoms with E-state index in [1.54, 1.807) is 43.3 Å². The van der Waals surface area contributed by atoms with Gasteiger partial charge in [0.2, 0.25) is 0 Å². The molecular weight excluding hydrogens is 349 g/mol. The van der Waals surface area contributed by atoms with Gasteiger partial charge in [0.25, 0.3) is 5.91 Å². The molecule has 0 fully saturated rings. The number of nitrogens with one attached hydrogen (secondary N) is 1. The molecule has 2 aromatic carbocycles. The average Bonchev–Trinajstić information content (AvgIpc) is 2.58. The number of amides is 1. The van der Waals surface area contributed by atoms with Crippen molar-refractivity contribution in [2.24, 2.45) is 0 Å². The van der Waals surface area contributed by atoms with Crippen molar-refractivity contribution in [3.63, 3.8) is 0 Å². The zero-order valence-electron chi connectivity index (χ0n) is 13.7. The van der Waals surface area contributed by atoms with E-state index in [4.69, 9.17) is 21.1 Å². The Morgan fingerprint density at radius 2 is 1.88 bits per heavy atom. The number of carbonyl (C=O) groups excluding carboxylic acids is 2. The number of aryl methyl sites for hydroxylation is 1. The van der Waals surface area contributed by atoms with Crippen LogP contribution in [0.2, 0.25) is 5.02 Å². The fraction of sp³-hybridized carbons (Fsp3) is 0.222. The molecular formula is C18H17ClFNO4. The van der Waals surface area contributed by atoms with Crippen LogP contribution in [0, 0.1) is 12.7 Å². The number of hydrogen-bond donors (Lipinski definition) is 1. The summed E-state index contributed by atoms with van der Waals surface area (Å²) >= 11 is 5.77. The zero-order valence-corrected chi connectivity index (χ0v) is 14.5. The summed E-state index contributed by atoms with van der Waals surface area (Å²) in [6.45, 7) is 2.62. The fourth-order valence-corrected chi connectivity index (χ4v) is 2.01. The van der Waals surface area contributed by atoms with E-state index in [9.17, 15) is 14.0 Å². The molecule has 2 rings (SSSR count). The first-order valence-electron chi connectivity index (χ1n) is 7.50. The summed E-state index contributed by atoms with van der Waals surface area (Å²) in [5.41, 5.74) is 0.757. The highest BCUT2D eigenvalue weighted by atomic mass is 35.5. The Morgan fingerprint density at radius 3 is 2.52 bits per heavy atom. The Bertz CT molecular complexity index is 764. The highest BCUT2D eigenvalue weighted by molar-refractivity contribution is 6.30. The fourth-order valence-electron chi connectivity index (χ4n) is 1.89. The van der Waals surface area contributed by atoms with E-state index in [1.807, 2.05) is 0 Å². The Morgan fingerprint density at radius 1 is 1.20 bits per heavy atom. The summed E-state index contributed by atoms with van der Waals surface area (Å²) in [5.74, 6) is -1.25. The van der Waals surface area contributed by atoms with E-state index in [2.05, 4.69) is 5.32 Å². The van der Waals surface area contributed by atoms with Crippen LogP contribution < -0.4 is 10.1 Å². The van der Waals surface area contributed by atoms with Crippen LogP contribution in [-0.2, 0) is 14.3 Å². The first-order chi connectivity index (χ1) is 11.8. The van der Waals surface area contributed by atoms with Crippen molar-refractivity contribution in [2.75, 3.05) is 11.9 Å². The highest BCUT2D eigenvalue weighted by Crippen LogP contribution is 2.17. The lowest BCUT2D eigenvalue weighted by atomic mass is 10.2. The molecule has 2 aromatic rings. The number of carbonyl (C=O) groups is 2. The first kappa shape index (κ1) is 18.7. The Balaban J connectivity index is 1.80. The van der Waals surface area contributed by atoms with Crippen LogP contribution >= 0.6 is 11.6 Å². The van der Waals surface area contributed by atoms with E-state index < -0.39 is 30.4 Å². The topological polar surface area (TPSA) is 64.6 Å². The van der Waals surface area contributed by atoms with Gasteiger partial charge in [-0.3, -0.25) is 4.79 Å². The molecule has 0 bridgehead atoms. The number of rotatable bonds is 6. The molecule has 1 amide bonds. The van der Waals surface area contributed by atoms with Crippen LogP contribution in [0.3, 0.4) is 0 Å². The van der Waals surface area contributed by atoms with Gasteiger partial charge in [-0.25, -0.2) is 9.18 Å². The predicted molar refractivity (Wildman–Crippen MR) is 92.3 cm³/mol. The summed E-state index contributed by atoms with van der Waals surface area (Å²) in [7, 11) is 0. The van der Waals surface area contributed by atoms with Gasteiger partial charge in [-0.1, -0.05) is 17.7 Å². The maximum atomic E-state index is 13.4. The van der Waals surface area contributed by atoms with Gasteiger partial charge in [0.1, 0.15) is 11.6 Å². The molecule has 0 radical (unpaired) electrons. The van der Waals surface area contributed by atoms with Gasteiger partial charge in [-0.05, 0) is 55.8 Å². The standard InChI is InChI=1S/C18H17ClFNO4/c1-11-3-6-14(9-16(11)20)21-17(22)10-24-18(23)12(2)25-15-7-4-13(19)5-8-15/h3-9,12H,10H2,1-2H3,(H,21,22)/t12-/m1/s1. The van der Waals surface area contributed by atoms with Crippen molar-refractivity contribution >= 4 is 29.2 Å². The van der Waals surface area contributed by atoms with E-state index in [1.165, 1.54) is 13.0 Å². The Labute approximate surface area is 149 Å². The smallest absolute Gasteiger partial charge is 0.347 e. The molecule has 0 aliphatic heterocycles. The SMILES string of the molecule is Cc1ccc(NC(=O)COC(=O)[C@@H](C)Oc2ccc(Cl)cc2)cc1F. The third-order valence-corrected chi connectivity index (χ3v) is 3.51. The number of benzene rings is 2. The van der Waals surface area contributed by atoms with Crippen molar-refractivity contribution in [3.05, 3.63) is 58.9 Å². The molecule has 5 nitrogen and oxygen atoms in total. The lowest BCUT2D eigenvalue weighted by molar-refractivity contribution is -0.153. The minimum absolute atomic E-state index is 0.287. The van der Waals surface area contributed by atoms with Crippen LogP contribution in [-0.4, -0.2) is 24.6 Å². The number of hydrogen-bond acceptors (Lipinski definition) is 4. The molecule has 1 N–H and O–H groups in total. The lowest BCUT2D eigenvalue weighted by Gasteiger charge is -2.14. The Kier molecular flexibility index (Phi) is 6.36. The van der Waals surface area contributed by atoms with Crippen LogP contribution in [0.25, 0.3) is 0 Å². The predicted octanol–water partition coefficient (Wildman–Crippen LogP) is 3.74. The average molecular weight is 366 g/mol. The molecule has 0 spiro atoms. The summed E-state index contributed by atoms with van der Waals surface area (Å²) in [4.78, 5) is 23.6. The van der Waals surface area contributed by atoms with E-state index in [-0.39, 0.29) is 5.69 Å². The van der Waals surface area contributed by atoms with Crippen LogP contribution in [0.15, 0.2) is 42.5 Å². The number of esters is 1. The van der Waals surface area contributed by atoms with Gasteiger partial charge in [0.15, 0.2) is 12.7 Å². The maximum absolute atomic E-state index is 13.4. The van der Waals surface area contributed by atoms with Crippen LogP contribution in [0.4, 0.5) is 10.1 Å². The summed E-state index contributed by atoms with van der Waals surface area (Å²) < 4.78 is 23.7. The highest BCUT2D eigenvalue weighted by Gasteiger charge is 2.18. The van der Waals surface area contributed by atoms with E-state index in [0.29, 0.717) is 16.3 Å². The van der Waals surface area contributed by atoms with Gasteiger partial charge in [0, 0.05) is 10.7 Å². The molecule has 7 heteroatoms. The molecule has 0 unspecified atom stereocenters. The van der Waals surface area contributed by atoms with Gasteiger partial charge >= 0.3 is 5.97 Å². The van der Waals surface area contributed by atoms with Gasteiger partial charge in [0.05, 0.1) is 0 Å². The Hall–Kier alpha value is -2.60.